The zero-order chi connectivity index (χ0) is 14.5. The Morgan fingerprint density at radius 2 is 2.00 bits per heavy atom. The minimum Gasteiger partial charge on any atom is -0.486 e. The molecule has 0 saturated carbocycles. The van der Waals surface area contributed by atoms with Crippen molar-refractivity contribution >= 4 is 11.8 Å². The van der Waals surface area contributed by atoms with Gasteiger partial charge in [-0.25, -0.2) is 9.78 Å². The number of fused-ring (bicyclic) bond motifs is 1. The van der Waals surface area contributed by atoms with Gasteiger partial charge in [0, 0.05) is 6.20 Å². The largest absolute Gasteiger partial charge is 0.486 e. The summed E-state index contributed by atoms with van der Waals surface area (Å²) in [5.41, 5.74) is 0. The third-order valence-electron chi connectivity index (χ3n) is 2.96. The van der Waals surface area contributed by atoms with E-state index in [2.05, 4.69) is 15.6 Å². The Hall–Kier alpha value is -2.76. The number of ether oxygens (including phenoxy) is 2. The van der Waals surface area contributed by atoms with E-state index in [0.717, 1.165) is 5.75 Å². The summed E-state index contributed by atoms with van der Waals surface area (Å²) in [7, 11) is 0. The van der Waals surface area contributed by atoms with E-state index in [-0.39, 0.29) is 12.1 Å². The lowest BCUT2D eigenvalue weighted by Crippen LogP contribution is -2.42. The topological polar surface area (TPSA) is 72.5 Å². The number of hydrogen-bond donors (Lipinski definition) is 2. The van der Waals surface area contributed by atoms with Crippen LogP contribution in [0.5, 0.6) is 11.5 Å². The Kier molecular flexibility index (Phi) is 3.86. The normalized spacial score (nSPS) is 16.1. The molecule has 2 aromatic rings. The summed E-state index contributed by atoms with van der Waals surface area (Å²) < 4.78 is 11.3. The first-order chi connectivity index (χ1) is 10.3. The molecule has 6 nitrogen and oxygen atoms in total. The number of anilines is 1. The van der Waals surface area contributed by atoms with Gasteiger partial charge in [0.05, 0.1) is 6.54 Å². The standard InChI is InChI=1S/C15H15N3O3/c19-15(18-14-7-3-4-8-16-14)17-9-11-10-20-12-5-1-2-6-13(12)21-11/h1-8,11H,9-10H2,(H2,16,17,18,19)/t11-/m0/s1. The average molecular weight is 285 g/mol. The van der Waals surface area contributed by atoms with Crippen molar-refractivity contribution < 1.29 is 14.3 Å². The summed E-state index contributed by atoms with van der Waals surface area (Å²) >= 11 is 0. The van der Waals surface area contributed by atoms with Gasteiger partial charge in [-0.3, -0.25) is 5.32 Å². The van der Waals surface area contributed by atoms with Gasteiger partial charge >= 0.3 is 6.03 Å². The molecule has 108 valence electrons. The first-order valence-electron chi connectivity index (χ1n) is 6.65. The monoisotopic (exact) mass is 285 g/mol. The fourth-order valence-corrected chi connectivity index (χ4v) is 1.97. The molecule has 2 N–H and O–H groups in total. The minimum atomic E-state index is -0.323. The van der Waals surface area contributed by atoms with Crippen molar-refractivity contribution in [1.82, 2.24) is 10.3 Å². The summed E-state index contributed by atoms with van der Waals surface area (Å²) in [6, 6.07) is 12.5. The number of urea groups is 1. The summed E-state index contributed by atoms with van der Waals surface area (Å²) in [4.78, 5) is 15.8. The molecule has 0 spiro atoms. The van der Waals surface area contributed by atoms with Crippen molar-refractivity contribution in [1.29, 1.82) is 0 Å². The second kappa shape index (κ2) is 6.13. The Morgan fingerprint density at radius 3 is 2.81 bits per heavy atom. The van der Waals surface area contributed by atoms with Crippen molar-refractivity contribution in [2.24, 2.45) is 0 Å². The Morgan fingerprint density at radius 1 is 1.19 bits per heavy atom. The molecule has 0 unspecified atom stereocenters. The molecule has 0 saturated heterocycles. The smallest absolute Gasteiger partial charge is 0.320 e. The molecule has 0 aliphatic carbocycles. The van der Waals surface area contributed by atoms with E-state index < -0.39 is 0 Å². The number of nitrogens with one attached hydrogen (secondary N) is 2. The van der Waals surface area contributed by atoms with Crippen LogP contribution in [0.15, 0.2) is 48.7 Å². The molecule has 3 rings (SSSR count). The van der Waals surface area contributed by atoms with Crippen LogP contribution in [0, 0.1) is 0 Å². The van der Waals surface area contributed by atoms with Crippen LogP contribution >= 0.6 is 0 Å². The van der Waals surface area contributed by atoms with E-state index in [0.29, 0.717) is 24.7 Å². The molecule has 6 heteroatoms. The number of aromatic nitrogens is 1. The van der Waals surface area contributed by atoms with Crippen LogP contribution in [0.3, 0.4) is 0 Å². The predicted octanol–water partition coefficient (Wildman–Crippen LogP) is 2.04. The lowest BCUT2D eigenvalue weighted by Gasteiger charge is -2.26. The lowest BCUT2D eigenvalue weighted by molar-refractivity contribution is 0.0922. The first kappa shape index (κ1) is 13.2. The highest BCUT2D eigenvalue weighted by Crippen LogP contribution is 2.30. The zero-order valence-corrected chi connectivity index (χ0v) is 11.3. The Balaban J connectivity index is 1.49. The molecule has 2 heterocycles. The van der Waals surface area contributed by atoms with E-state index in [4.69, 9.17) is 9.47 Å². The maximum Gasteiger partial charge on any atom is 0.320 e. The maximum atomic E-state index is 11.7. The van der Waals surface area contributed by atoms with Gasteiger partial charge in [-0.2, -0.15) is 0 Å². The van der Waals surface area contributed by atoms with E-state index >= 15 is 0 Å². The highest BCUT2D eigenvalue weighted by molar-refractivity contribution is 5.88. The summed E-state index contributed by atoms with van der Waals surface area (Å²) in [6.45, 7) is 0.758. The number of rotatable bonds is 3. The van der Waals surface area contributed by atoms with Crippen LogP contribution in [0.2, 0.25) is 0 Å². The van der Waals surface area contributed by atoms with Gasteiger partial charge in [0.15, 0.2) is 17.6 Å². The van der Waals surface area contributed by atoms with Crippen LogP contribution in [0.4, 0.5) is 10.6 Å². The van der Waals surface area contributed by atoms with Gasteiger partial charge in [0.1, 0.15) is 12.4 Å². The number of benzene rings is 1. The summed E-state index contributed by atoms with van der Waals surface area (Å²) in [6.07, 6.45) is 1.40. The van der Waals surface area contributed by atoms with Crippen molar-refractivity contribution in [3.63, 3.8) is 0 Å². The number of para-hydroxylation sites is 2. The van der Waals surface area contributed by atoms with Crippen molar-refractivity contribution in [3.8, 4) is 11.5 Å². The molecule has 1 aliphatic heterocycles. The van der Waals surface area contributed by atoms with E-state index in [1.54, 1.807) is 24.4 Å². The molecular formula is C15H15N3O3. The third-order valence-corrected chi connectivity index (χ3v) is 2.96. The molecule has 1 atom stereocenters. The number of amides is 2. The molecule has 2 amide bonds. The van der Waals surface area contributed by atoms with Crippen molar-refractivity contribution in [2.45, 2.75) is 6.10 Å². The van der Waals surface area contributed by atoms with Crippen LogP contribution in [0.1, 0.15) is 0 Å². The molecule has 0 radical (unpaired) electrons. The van der Waals surface area contributed by atoms with E-state index in [1.165, 1.54) is 0 Å². The van der Waals surface area contributed by atoms with E-state index in [9.17, 15) is 4.79 Å². The fourth-order valence-electron chi connectivity index (χ4n) is 1.97. The number of carbonyl (C=O) groups is 1. The minimum absolute atomic E-state index is 0.214. The van der Waals surface area contributed by atoms with Gasteiger partial charge in [-0.1, -0.05) is 18.2 Å². The van der Waals surface area contributed by atoms with Gasteiger partial charge in [-0.15, -0.1) is 0 Å². The van der Waals surface area contributed by atoms with Crippen LogP contribution < -0.4 is 20.1 Å². The quantitative estimate of drug-likeness (QED) is 0.905. The van der Waals surface area contributed by atoms with Gasteiger partial charge in [-0.05, 0) is 24.3 Å². The highest BCUT2D eigenvalue weighted by atomic mass is 16.6. The van der Waals surface area contributed by atoms with Gasteiger partial charge < -0.3 is 14.8 Å². The number of carbonyl (C=O) groups excluding carboxylic acids is 1. The second-order valence-corrected chi connectivity index (χ2v) is 4.55. The Labute approximate surface area is 122 Å². The van der Waals surface area contributed by atoms with Crippen molar-refractivity contribution in [3.05, 3.63) is 48.7 Å². The van der Waals surface area contributed by atoms with Crippen LogP contribution in [-0.2, 0) is 0 Å². The molecular weight excluding hydrogens is 270 g/mol. The average Bonchev–Trinajstić information content (AvgIpc) is 2.54. The number of pyridine rings is 1. The molecule has 0 fully saturated rings. The molecule has 1 aliphatic rings. The van der Waals surface area contributed by atoms with Crippen LogP contribution in [-0.4, -0.2) is 30.3 Å². The molecule has 1 aromatic heterocycles. The predicted molar refractivity (Wildman–Crippen MR) is 77.6 cm³/mol. The summed E-state index contributed by atoms with van der Waals surface area (Å²) in [5.74, 6) is 1.92. The maximum absolute atomic E-state index is 11.7. The number of nitrogens with zero attached hydrogens (tertiary/aromatic N) is 1. The molecule has 1 aromatic carbocycles. The van der Waals surface area contributed by atoms with Crippen LogP contribution in [0.25, 0.3) is 0 Å². The SMILES string of the molecule is O=C(NC[C@H]1COc2ccccc2O1)Nc1ccccn1. The number of hydrogen-bond acceptors (Lipinski definition) is 4. The highest BCUT2D eigenvalue weighted by Gasteiger charge is 2.20. The fraction of sp³-hybridized carbons (Fsp3) is 0.200. The lowest BCUT2D eigenvalue weighted by atomic mass is 10.2. The van der Waals surface area contributed by atoms with Gasteiger partial charge in [0.25, 0.3) is 0 Å². The zero-order valence-electron chi connectivity index (χ0n) is 11.3. The Bertz CT molecular complexity index is 619. The molecule has 0 bridgehead atoms. The van der Waals surface area contributed by atoms with Crippen molar-refractivity contribution in [2.75, 3.05) is 18.5 Å². The second-order valence-electron chi connectivity index (χ2n) is 4.55. The first-order valence-corrected chi connectivity index (χ1v) is 6.65. The van der Waals surface area contributed by atoms with Gasteiger partial charge in [0.2, 0.25) is 0 Å². The van der Waals surface area contributed by atoms with E-state index in [1.807, 2.05) is 24.3 Å². The third kappa shape index (κ3) is 3.42. The summed E-state index contributed by atoms with van der Waals surface area (Å²) in [5, 5.41) is 5.38. The molecule has 21 heavy (non-hydrogen) atoms.